The van der Waals surface area contributed by atoms with Gasteiger partial charge in [0.2, 0.25) is 0 Å². The molecule has 0 aliphatic rings. The minimum Gasteiger partial charge on any atom is -0.476 e. The van der Waals surface area contributed by atoms with Crippen LogP contribution in [0, 0.1) is 0 Å². The number of carbonyl (C=O) groups is 1. The highest BCUT2D eigenvalue weighted by Crippen LogP contribution is 2.03. The molecule has 0 amide bonds. The first-order valence-corrected chi connectivity index (χ1v) is 5.52. The lowest BCUT2D eigenvalue weighted by molar-refractivity contribution is 0.0685. The number of nitrogens with zero attached hydrogens (tertiary/aromatic N) is 3. The number of carboxylic acids is 1. The van der Waals surface area contributed by atoms with Crippen molar-refractivity contribution >= 4 is 5.97 Å². The average molecular weight is 250 g/mol. The molecule has 0 aromatic carbocycles. The monoisotopic (exact) mass is 250 g/mol. The Labute approximate surface area is 103 Å². The molecule has 2 aromatic heterocycles. The van der Waals surface area contributed by atoms with E-state index in [1.54, 1.807) is 4.68 Å². The highest BCUT2D eigenvalue weighted by Gasteiger charge is 2.09. The molecule has 18 heavy (non-hydrogen) atoms. The van der Waals surface area contributed by atoms with Crippen LogP contribution in [0.15, 0.2) is 23.0 Å². The molecule has 0 unspecified atom stereocenters. The minimum absolute atomic E-state index is 0.0703. The first-order valence-electron chi connectivity index (χ1n) is 5.52. The summed E-state index contributed by atoms with van der Waals surface area (Å²) in [6, 6.07) is 1.42. The predicted octanol–water partition coefficient (Wildman–Crippen LogP) is 0.439. The van der Waals surface area contributed by atoms with Gasteiger partial charge in [-0.3, -0.25) is 4.68 Å². The average Bonchev–Trinajstić information content (AvgIpc) is 2.93. The van der Waals surface area contributed by atoms with Gasteiger partial charge in [-0.2, -0.15) is 5.10 Å². The second kappa shape index (κ2) is 5.46. The smallest absolute Gasteiger partial charge is 0.358 e. The van der Waals surface area contributed by atoms with Crippen LogP contribution < -0.4 is 5.32 Å². The van der Waals surface area contributed by atoms with Crippen molar-refractivity contribution in [2.75, 3.05) is 6.54 Å². The van der Waals surface area contributed by atoms with Crippen molar-refractivity contribution in [3.63, 3.8) is 0 Å². The Morgan fingerprint density at radius 1 is 1.61 bits per heavy atom. The van der Waals surface area contributed by atoms with Gasteiger partial charge in [-0.25, -0.2) is 4.79 Å². The molecule has 0 atom stereocenters. The lowest BCUT2D eigenvalue weighted by Gasteiger charge is -1.99. The Balaban J connectivity index is 1.73. The van der Waals surface area contributed by atoms with Gasteiger partial charge in [0.05, 0.1) is 12.7 Å². The molecular formula is C11H14N4O3. The van der Waals surface area contributed by atoms with Crippen molar-refractivity contribution in [3.05, 3.63) is 35.5 Å². The third-order valence-electron chi connectivity index (χ3n) is 2.43. The Morgan fingerprint density at radius 2 is 2.44 bits per heavy atom. The van der Waals surface area contributed by atoms with Gasteiger partial charge in [-0.15, -0.1) is 0 Å². The Kier molecular flexibility index (Phi) is 3.73. The molecule has 0 aliphatic heterocycles. The summed E-state index contributed by atoms with van der Waals surface area (Å²) in [6.45, 7) is 1.22. The van der Waals surface area contributed by atoms with E-state index < -0.39 is 5.97 Å². The Morgan fingerprint density at radius 3 is 3.06 bits per heavy atom. The number of rotatable bonds is 6. The zero-order valence-corrected chi connectivity index (χ0v) is 9.96. The fourth-order valence-corrected chi connectivity index (χ4v) is 1.54. The van der Waals surface area contributed by atoms with Crippen molar-refractivity contribution in [1.29, 1.82) is 0 Å². The summed E-state index contributed by atoms with van der Waals surface area (Å²) in [5, 5.41) is 19.3. The topological polar surface area (TPSA) is 93.2 Å². The summed E-state index contributed by atoms with van der Waals surface area (Å²) < 4.78 is 6.63. The third-order valence-corrected chi connectivity index (χ3v) is 2.43. The molecule has 2 aromatic rings. The van der Waals surface area contributed by atoms with E-state index in [9.17, 15) is 4.79 Å². The zero-order valence-electron chi connectivity index (χ0n) is 9.96. The molecule has 0 bridgehead atoms. The van der Waals surface area contributed by atoms with Crippen molar-refractivity contribution in [3.8, 4) is 0 Å². The van der Waals surface area contributed by atoms with E-state index in [4.69, 9.17) is 9.63 Å². The Hall–Kier alpha value is -2.15. The number of aryl methyl sites for hydroxylation is 1. The highest BCUT2D eigenvalue weighted by atomic mass is 16.5. The maximum absolute atomic E-state index is 10.6. The van der Waals surface area contributed by atoms with Crippen LogP contribution in [0.1, 0.15) is 21.8 Å². The zero-order chi connectivity index (χ0) is 13.0. The second-order valence-electron chi connectivity index (χ2n) is 3.93. The van der Waals surface area contributed by atoms with Gasteiger partial charge in [-0.1, -0.05) is 5.16 Å². The van der Waals surface area contributed by atoms with E-state index in [0.29, 0.717) is 12.3 Å². The molecule has 7 heteroatoms. The van der Waals surface area contributed by atoms with Gasteiger partial charge >= 0.3 is 5.97 Å². The van der Waals surface area contributed by atoms with E-state index in [-0.39, 0.29) is 5.69 Å². The molecule has 2 rings (SSSR count). The number of aromatic nitrogens is 3. The number of nitrogens with one attached hydrogen (secondary N) is 1. The first kappa shape index (κ1) is 12.3. The van der Waals surface area contributed by atoms with Crippen molar-refractivity contribution in [2.24, 2.45) is 7.05 Å². The van der Waals surface area contributed by atoms with Gasteiger partial charge in [0.1, 0.15) is 0 Å². The molecule has 96 valence electrons. The minimum atomic E-state index is -1.08. The summed E-state index contributed by atoms with van der Waals surface area (Å²) in [4.78, 5) is 10.6. The van der Waals surface area contributed by atoms with E-state index in [1.165, 1.54) is 6.07 Å². The molecule has 0 aliphatic carbocycles. The molecule has 0 fully saturated rings. The maximum atomic E-state index is 10.6. The van der Waals surface area contributed by atoms with Crippen LogP contribution in [0.2, 0.25) is 0 Å². The van der Waals surface area contributed by atoms with Gasteiger partial charge < -0.3 is 14.9 Å². The van der Waals surface area contributed by atoms with Crippen molar-refractivity contribution in [2.45, 2.75) is 13.0 Å². The number of aromatic carboxylic acids is 1. The van der Waals surface area contributed by atoms with E-state index in [2.05, 4.69) is 15.6 Å². The summed E-state index contributed by atoms with van der Waals surface area (Å²) in [5.41, 5.74) is 1.08. The largest absolute Gasteiger partial charge is 0.476 e. The molecule has 0 spiro atoms. The molecule has 0 radical (unpaired) electrons. The lowest BCUT2D eigenvalue weighted by Crippen LogP contribution is -2.16. The quantitative estimate of drug-likeness (QED) is 0.722. The molecule has 7 nitrogen and oxygen atoms in total. The molecule has 0 saturated carbocycles. The van der Waals surface area contributed by atoms with Crippen LogP contribution in [0.4, 0.5) is 0 Å². The number of hydrogen-bond donors (Lipinski definition) is 2. The third kappa shape index (κ3) is 3.17. The fourth-order valence-electron chi connectivity index (χ4n) is 1.54. The van der Waals surface area contributed by atoms with Crippen molar-refractivity contribution < 1.29 is 14.4 Å². The normalized spacial score (nSPS) is 10.7. The van der Waals surface area contributed by atoms with E-state index in [0.717, 1.165) is 18.5 Å². The first-order chi connectivity index (χ1) is 8.65. The molecular weight excluding hydrogens is 236 g/mol. The maximum Gasteiger partial charge on any atom is 0.358 e. The summed E-state index contributed by atoms with van der Waals surface area (Å²) in [6.07, 6.45) is 4.63. The summed E-state index contributed by atoms with van der Waals surface area (Å²) >= 11 is 0. The van der Waals surface area contributed by atoms with Crippen LogP contribution in [-0.4, -0.2) is 32.6 Å². The van der Waals surface area contributed by atoms with Gasteiger partial charge in [0.25, 0.3) is 0 Å². The van der Waals surface area contributed by atoms with Crippen LogP contribution >= 0.6 is 0 Å². The van der Waals surface area contributed by atoms with Crippen LogP contribution in [-0.2, 0) is 20.0 Å². The van der Waals surface area contributed by atoms with E-state index >= 15 is 0 Å². The highest BCUT2D eigenvalue weighted by molar-refractivity contribution is 5.85. The van der Waals surface area contributed by atoms with Gasteiger partial charge in [-0.05, 0) is 18.5 Å². The lowest BCUT2D eigenvalue weighted by atomic mass is 10.2. The second-order valence-corrected chi connectivity index (χ2v) is 3.93. The van der Waals surface area contributed by atoms with Gasteiger partial charge in [0, 0.05) is 19.3 Å². The van der Waals surface area contributed by atoms with E-state index in [1.807, 2.05) is 19.4 Å². The summed E-state index contributed by atoms with van der Waals surface area (Å²) in [7, 11) is 1.87. The van der Waals surface area contributed by atoms with Crippen LogP contribution in [0.5, 0.6) is 0 Å². The molecule has 2 heterocycles. The standard InChI is InChI=1S/C11H14N4O3/c1-15-7-8(5-13-15)2-3-12-6-9-4-10(11(16)17)14-18-9/h4-5,7,12H,2-3,6H2,1H3,(H,16,17). The van der Waals surface area contributed by atoms with Gasteiger partial charge in [0.15, 0.2) is 11.5 Å². The van der Waals surface area contributed by atoms with Crippen LogP contribution in [0.25, 0.3) is 0 Å². The molecule has 0 saturated heterocycles. The van der Waals surface area contributed by atoms with Crippen molar-refractivity contribution in [1.82, 2.24) is 20.3 Å². The SMILES string of the molecule is Cn1cc(CCNCc2cc(C(=O)O)no2)cn1. The summed E-state index contributed by atoms with van der Waals surface area (Å²) in [5.74, 6) is -0.570. The fraction of sp³-hybridized carbons (Fsp3) is 0.364. The predicted molar refractivity (Wildman–Crippen MR) is 62.1 cm³/mol. The number of hydrogen-bond acceptors (Lipinski definition) is 5. The number of carboxylic acid groups (broad SMARTS) is 1. The Bertz CT molecular complexity index is 532. The van der Waals surface area contributed by atoms with Crippen LogP contribution in [0.3, 0.4) is 0 Å². The molecule has 2 N–H and O–H groups in total.